The maximum absolute atomic E-state index is 13.6. The SMILES string of the molecule is Cn1cccc1C(CNC(=O)C(=O)Nc1cc(F)ccc1F)N1CCCC1. The van der Waals surface area contributed by atoms with E-state index in [4.69, 9.17) is 0 Å². The fraction of sp³-hybridized carbons (Fsp3) is 0.368. The Bertz CT molecular complexity index is 831. The smallest absolute Gasteiger partial charge is 0.313 e. The van der Waals surface area contributed by atoms with Crippen LogP contribution >= 0.6 is 0 Å². The van der Waals surface area contributed by atoms with Crippen molar-refractivity contribution in [2.24, 2.45) is 7.05 Å². The summed E-state index contributed by atoms with van der Waals surface area (Å²) in [5.41, 5.74) is 0.669. The van der Waals surface area contributed by atoms with Crippen molar-refractivity contribution in [3.63, 3.8) is 0 Å². The quantitative estimate of drug-likeness (QED) is 0.787. The summed E-state index contributed by atoms with van der Waals surface area (Å²) < 4.78 is 28.8. The van der Waals surface area contributed by atoms with Gasteiger partial charge in [0, 0.05) is 31.5 Å². The second-order valence-electron chi connectivity index (χ2n) is 6.59. The summed E-state index contributed by atoms with van der Waals surface area (Å²) in [5, 5.41) is 4.71. The van der Waals surface area contributed by atoms with Crippen LogP contribution in [-0.4, -0.2) is 40.9 Å². The van der Waals surface area contributed by atoms with Crippen molar-refractivity contribution >= 4 is 17.5 Å². The highest BCUT2D eigenvalue weighted by Crippen LogP contribution is 2.24. The van der Waals surface area contributed by atoms with E-state index in [-0.39, 0.29) is 18.3 Å². The summed E-state index contributed by atoms with van der Waals surface area (Å²) in [6.45, 7) is 2.09. The highest BCUT2D eigenvalue weighted by Gasteiger charge is 2.26. The molecule has 2 heterocycles. The van der Waals surface area contributed by atoms with Gasteiger partial charge in [0.2, 0.25) is 0 Å². The van der Waals surface area contributed by atoms with Crippen molar-refractivity contribution in [2.75, 3.05) is 25.0 Å². The lowest BCUT2D eigenvalue weighted by Crippen LogP contribution is -2.42. The Balaban J connectivity index is 1.64. The number of amides is 2. The van der Waals surface area contributed by atoms with Crippen LogP contribution in [0.2, 0.25) is 0 Å². The van der Waals surface area contributed by atoms with Gasteiger partial charge in [0.05, 0.1) is 11.7 Å². The molecule has 3 rings (SSSR count). The Labute approximate surface area is 156 Å². The van der Waals surface area contributed by atoms with Gasteiger partial charge >= 0.3 is 11.8 Å². The Kier molecular flexibility index (Phi) is 5.85. The third-order valence-corrected chi connectivity index (χ3v) is 4.75. The number of benzene rings is 1. The topological polar surface area (TPSA) is 66.4 Å². The van der Waals surface area contributed by atoms with Crippen molar-refractivity contribution in [2.45, 2.75) is 18.9 Å². The number of likely N-dealkylation sites (tertiary alicyclic amines) is 1. The Morgan fingerprint density at radius 2 is 1.89 bits per heavy atom. The molecule has 2 N–H and O–H groups in total. The first-order valence-corrected chi connectivity index (χ1v) is 8.85. The molecule has 6 nitrogen and oxygen atoms in total. The number of carbonyl (C=O) groups excluding carboxylic acids is 2. The molecule has 144 valence electrons. The van der Waals surface area contributed by atoms with E-state index >= 15 is 0 Å². The fourth-order valence-corrected chi connectivity index (χ4v) is 3.34. The van der Waals surface area contributed by atoms with Gasteiger partial charge in [0.15, 0.2) is 0 Å². The summed E-state index contributed by atoms with van der Waals surface area (Å²) >= 11 is 0. The van der Waals surface area contributed by atoms with Crippen molar-refractivity contribution in [3.8, 4) is 0 Å². The predicted molar refractivity (Wildman–Crippen MR) is 97.0 cm³/mol. The van der Waals surface area contributed by atoms with Crippen molar-refractivity contribution < 1.29 is 18.4 Å². The number of carbonyl (C=O) groups is 2. The summed E-state index contributed by atoms with van der Waals surface area (Å²) in [4.78, 5) is 26.4. The minimum absolute atomic E-state index is 0.0600. The lowest BCUT2D eigenvalue weighted by atomic mass is 10.1. The maximum atomic E-state index is 13.6. The molecule has 0 saturated carbocycles. The van der Waals surface area contributed by atoms with Crippen LogP contribution < -0.4 is 10.6 Å². The van der Waals surface area contributed by atoms with Gasteiger partial charge in [-0.25, -0.2) is 8.78 Å². The van der Waals surface area contributed by atoms with Gasteiger partial charge in [-0.3, -0.25) is 14.5 Å². The van der Waals surface area contributed by atoms with Crippen LogP contribution in [0.3, 0.4) is 0 Å². The molecule has 1 aliphatic heterocycles. The Hall–Kier alpha value is -2.74. The maximum Gasteiger partial charge on any atom is 0.313 e. The highest BCUT2D eigenvalue weighted by molar-refractivity contribution is 6.39. The standard InChI is InChI=1S/C19H22F2N4O2/c1-24-8-4-5-16(24)17(25-9-2-3-10-25)12-22-18(26)19(27)23-15-11-13(20)6-7-14(15)21/h4-8,11,17H,2-3,9-10,12H2,1H3,(H,22,26)(H,23,27). The van der Waals surface area contributed by atoms with Gasteiger partial charge in [-0.2, -0.15) is 0 Å². The average Bonchev–Trinajstić information content (AvgIpc) is 3.31. The van der Waals surface area contributed by atoms with Crippen LogP contribution in [0, 0.1) is 11.6 Å². The van der Waals surface area contributed by atoms with Crippen molar-refractivity contribution in [1.82, 2.24) is 14.8 Å². The van der Waals surface area contributed by atoms with E-state index in [1.54, 1.807) is 0 Å². The zero-order valence-electron chi connectivity index (χ0n) is 15.0. The van der Waals surface area contributed by atoms with Crippen LogP contribution in [0.15, 0.2) is 36.5 Å². The van der Waals surface area contributed by atoms with E-state index in [1.807, 2.05) is 29.9 Å². The molecule has 0 spiro atoms. The third kappa shape index (κ3) is 4.51. The molecule has 0 bridgehead atoms. The highest BCUT2D eigenvalue weighted by atomic mass is 19.1. The second-order valence-corrected chi connectivity index (χ2v) is 6.59. The van der Waals surface area contributed by atoms with E-state index < -0.39 is 23.4 Å². The van der Waals surface area contributed by atoms with E-state index in [0.717, 1.165) is 49.8 Å². The van der Waals surface area contributed by atoms with E-state index in [9.17, 15) is 18.4 Å². The van der Waals surface area contributed by atoms with E-state index in [0.29, 0.717) is 0 Å². The zero-order valence-corrected chi connectivity index (χ0v) is 15.0. The molecule has 8 heteroatoms. The van der Waals surface area contributed by atoms with E-state index in [1.165, 1.54) is 0 Å². The number of aryl methyl sites for hydroxylation is 1. The number of hydrogen-bond donors (Lipinski definition) is 2. The number of hydrogen-bond acceptors (Lipinski definition) is 3. The first-order valence-electron chi connectivity index (χ1n) is 8.85. The van der Waals surface area contributed by atoms with Gasteiger partial charge in [-0.15, -0.1) is 0 Å². The Morgan fingerprint density at radius 3 is 2.56 bits per heavy atom. The molecular weight excluding hydrogens is 354 g/mol. The van der Waals surface area contributed by atoms with Crippen LogP contribution in [0.5, 0.6) is 0 Å². The minimum Gasteiger partial charge on any atom is -0.353 e. The number of nitrogens with one attached hydrogen (secondary N) is 2. The van der Waals surface area contributed by atoms with Crippen molar-refractivity contribution in [3.05, 3.63) is 53.9 Å². The molecule has 27 heavy (non-hydrogen) atoms. The number of anilines is 1. The van der Waals surface area contributed by atoms with Gasteiger partial charge in [0.25, 0.3) is 0 Å². The summed E-state index contributed by atoms with van der Waals surface area (Å²) in [5.74, 6) is -3.44. The largest absolute Gasteiger partial charge is 0.353 e. The molecule has 1 aromatic carbocycles. The number of halogens is 2. The predicted octanol–water partition coefficient (Wildman–Crippen LogP) is 2.20. The lowest BCUT2D eigenvalue weighted by molar-refractivity contribution is -0.136. The van der Waals surface area contributed by atoms with E-state index in [2.05, 4.69) is 15.5 Å². The zero-order chi connectivity index (χ0) is 19.4. The van der Waals surface area contributed by atoms with Gasteiger partial charge in [-0.05, 0) is 50.2 Å². The third-order valence-electron chi connectivity index (χ3n) is 4.75. The van der Waals surface area contributed by atoms with Crippen LogP contribution in [0.1, 0.15) is 24.6 Å². The van der Waals surface area contributed by atoms with Crippen LogP contribution in [-0.2, 0) is 16.6 Å². The van der Waals surface area contributed by atoms with Crippen molar-refractivity contribution in [1.29, 1.82) is 0 Å². The van der Waals surface area contributed by atoms with Gasteiger partial charge in [0.1, 0.15) is 11.6 Å². The molecule has 1 aliphatic rings. The first-order chi connectivity index (χ1) is 13.0. The summed E-state index contributed by atoms with van der Waals surface area (Å²) in [6.07, 6.45) is 4.11. The molecule has 0 radical (unpaired) electrons. The van der Waals surface area contributed by atoms with Crippen LogP contribution in [0.25, 0.3) is 0 Å². The number of nitrogens with zero attached hydrogens (tertiary/aromatic N) is 2. The molecule has 0 aliphatic carbocycles. The number of aromatic nitrogens is 1. The molecule has 2 amide bonds. The molecule has 2 aromatic rings. The minimum atomic E-state index is -1.04. The molecule has 1 atom stereocenters. The number of rotatable bonds is 5. The van der Waals surface area contributed by atoms with Crippen LogP contribution in [0.4, 0.5) is 14.5 Å². The molecule has 1 fully saturated rings. The second kappa shape index (κ2) is 8.30. The lowest BCUT2D eigenvalue weighted by Gasteiger charge is -2.28. The molecular formula is C19H22F2N4O2. The first kappa shape index (κ1) is 19.0. The fourth-order valence-electron chi connectivity index (χ4n) is 3.34. The van der Waals surface area contributed by atoms with Gasteiger partial charge in [-0.1, -0.05) is 0 Å². The van der Waals surface area contributed by atoms with Gasteiger partial charge < -0.3 is 15.2 Å². The average molecular weight is 376 g/mol. The Morgan fingerprint density at radius 1 is 1.15 bits per heavy atom. The summed E-state index contributed by atoms with van der Waals surface area (Å²) in [6, 6.07) is 6.51. The molecule has 1 saturated heterocycles. The summed E-state index contributed by atoms with van der Waals surface area (Å²) in [7, 11) is 1.93. The normalized spacial score (nSPS) is 15.5. The monoisotopic (exact) mass is 376 g/mol. The molecule has 1 aromatic heterocycles. The molecule has 1 unspecified atom stereocenters.